The molecule has 0 aliphatic carbocycles. The SMILES string of the molecule is CSc1nc(SCc2ccccc2)nc(N)c1C(C)C. The first-order valence-electron chi connectivity index (χ1n) is 6.50. The van der Waals surface area contributed by atoms with Crippen LogP contribution in [-0.2, 0) is 5.75 Å². The predicted molar refractivity (Wildman–Crippen MR) is 88.3 cm³/mol. The van der Waals surface area contributed by atoms with E-state index in [0.717, 1.165) is 21.5 Å². The molecule has 1 aromatic carbocycles. The number of aromatic nitrogens is 2. The van der Waals surface area contributed by atoms with Gasteiger partial charge in [0.2, 0.25) is 0 Å². The van der Waals surface area contributed by atoms with Gasteiger partial charge in [0.1, 0.15) is 10.8 Å². The van der Waals surface area contributed by atoms with Crippen molar-refractivity contribution in [1.82, 2.24) is 9.97 Å². The Morgan fingerprint density at radius 1 is 1.15 bits per heavy atom. The molecule has 0 atom stereocenters. The minimum Gasteiger partial charge on any atom is -0.383 e. The lowest BCUT2D eigenvalue weighted by Gasteiger charge is -2.13. The van der Waals surface area contributed by atoms with Crippen LogP contribution in [0.4, 0.5) is 5.82 Å². The highest BCUT2D eigenvalue weighted by Crippen LogP contribution is 2.32. The molecule has 106 valence electrons. The number of nitrogens with two attached hydrogens (primary N) is 1. The summed E-state index contributed by atoms with van der Waals surface area (Å²) in [4.78, 5) is 9.06. The zero-order chi connectivity index (χ0) is 14.5. The molecule has 0 aliphatic heterocycles. The van der Waals surface area contributed by atoms with E-state index in [2.05, 4.69) is 35.9 Å². The second-order valence-corrected chi connectivity index (χ2v) is 6.48. The van der Waals surface area contributed by atoms with E-state index in [1.807, 2.05) is 24.5 Å². The highest BCUT2D eigenvalue weighted by molar-refractivity contribution is 7.99. The summed E-state index contributed by atoms with van der Waals surface area (Å²) >= 11 is 3.25. The number of anilines is 1. The van der Waals surface area contributed by atoms with Crippen molar-refractivity contribution in [2.75, 3.05) is 12.0 Å². The molecule has 0 unspecified atom stereocenters. The lowest BCUT2D eigenvalue weighted by Crippen LogP contribution is -2.05. The quantitative estimate of drug-likeness (QED) is 0.510. The molecule has 0 saturated carbocycles. The monoisotopic (exact) mass is 305 g/mol. The van der Waals surface area contributed by atoms with Gasteiger partial charge < -0.3 is 5.73 Å². The van der Waals surface area contributed by atoms with Crippen LogP contribution in [0.3, 0.4) is 0 Å². The molecule has 0 radical (unpaired) electrons. The second kappa shape index (κ2) is 6.99. The highest BCUT2D eigenvalue weighted by atomic mass is 32.2. The van der Waals surface area contributed by atoms with Crippen LogP contribution < -0.4 is 5.73 Å². The van der Waals surface area contributed by atoms with Gasteiger partial charge in [-0.2, -0.15) is 0 Å². The lowest BCUT2D eigenvalue weighted by atomic mass is 10.1. The molecule has 3 nitrogen and oxygen atoms in total. The number of hydrogen-bond acceptors (Lipinski definition) is 5. The maximum atomic E-state index is 6.09. The summed E-state index contributed by atoms with van der Waals surface area (Å²) in [5.41, 5.74) is 8.41. The summed E-state index contributed by atoms with van der Waals surface area (Å²) in [6, 6.07) is 10.3. The van der Waals surface area contributed by atoms with E-state index < -0.39 is 0 Å². The first-order valence-corrected chi connectivity index (χ1v) is 8.71. The molecule has 0 fully saturated rings. The predicted octanol–water partition coefficient (Wildman–Crippen LogP) is 4.20. The molecule has 5 heteroatoms. The first kappa shape index (κ1) is 15.2. The van der Waals surface area contributed by atoms with E-state index >= 15 is 0 Å². The molecule has 0 bridgehead atoms. The Kier molecular flexibility index (Phi) is 5.31. The van der Waals surface area contributed by atoms with Gasteiger partial charge in [0.15, 0.2) is 5.16 Å². The third kappa shape index (κ3) is 3.67. The van der Waals surface area contributed by atoms with Crippen LogP contribution in [-0.4, -0.2) is 16.2 Å². The lowest BCUT2D eigenvalue weighted by molar-refractivity contribution is 0.774. The van der Waals surface area contributed by atoms with Crippen molar-refractivity contribution in [2.24, 2.45) is 0 Å². The summed E-state index contributed by atoms with van der Waals surface area (Å²) in [5, 5.41) is 1.74. The minimum atomic E-state index is 0.339. The van der Waals surface area contributed by atoms with Crippen LogP contribution in [0.25, 0.3) is 0 Å². The molecule has 0 saturated heterocycles. The van der Waals surface area contributed by atoms with Gasteiger partial charge in [-0.15, -0.1) is 11.8 Å². The Morgan fingerprint density at radius 3 is 2.45 bits per heavy atom. The van der Waals surface area contributed by atoms with E-state index in [1.54, 1.807) is 23.5 Å². The Morgan fingerprint density at radius 2 is 1.85 bits per heavy atom. The number of hydrogen-bond donors (Lipinski definition) is 1. The van der Waals surface area contributed by atoms with Gasteiger partial charge in [-0.05, 0) is 17.7 Å². The number of thioether (sulfide) groups is 2. The maximum absolute atomic E-state index is 6.09. The maximum Gasteiger partial charge on any atom is 0.190 e. The number of nitrogen functional groups attached to an aromatic ring is 1. The Labute approximate surface area is 128 Å². The van der Waals surface area contributed by atoms with Crippen LogP contribution in [0.2, 0.25) is 0 Å². The molecule has 2 N–H and O–H groups in total. The van der Waals surface area contributed by atoms with Crippen LogP contribution in [0.1, 0.15) is 30.9 Å². The van der Waals surface area contributed by atoms with Crippen molar-refractivity contribution in [3.05, 3.63) is 41.5 Å². The summed E-state index contributed by atoms with van der Waals surface area (Å²) in [7, 11) is 0. The minimum absolute atomic E-state index is 0.339. The topological polar surface area (TPSA) is 51.8 Å². The van der Waals surface area contributed by atoms with Crippen molar-refractivity contribution in [1.29, 1.82) is 0 Å². The van der Waals surface area contributed by atoms with Gasteiger partial charge in [0.05, 0.1) is 0 Å². The van der Waals surface area contributed by atoms with Crippen molar-refractivity contribution in [3.8, 4) is 0 Å². The Bertz CT molecular complexity index is 571. The molecular weight excluding hydrogens is 286 g/mol. The second-order valence-electron chi connectivity index (χ2n) is 4.74. The molecule has 0 amide bonds. The van der Waals surface area contributed by atoms with E-state index in [-0.39, 0.29) is 0 Å². The van der Waals surface area contributed by atoms with Crippen molar-refractivity contribution in [2.45, 2.75) is 35.7 Å². The average Bonchev–Trinajstić information content (AvgIpc) is 2.45. The zero-order valence-electron chi connectivity index (χ0n) is 12.0. The fourth-order valence-electron chi connectivity index (χ4n) is 1.93. The molecule has 1 heterocycles. The average molecular weight is 305 g/mol. The van der Waals surface area contributed by atoms with Gasteiger partial charge in [0.25, 0.3) is 0 Å². The summed E-state index contributed by atoms with van der Waals surface area (Å²) < 4.78 is 0. The fourth-order valence-corrected chi connectivity index (χ4v) is 3.53. The Balaban J connectivity index is 2.19. The van der Waals surface area contributed by atoms with Crippen LogP contribution in [0.15, 0.2) is 40.5 Å². The molecule has 1 aromatic heterocycles. The highest BCUT2D eigenvalue weighted by Gasteiger charge is 2.15. The van der Waals surface area contributed by atoms with Crippen molar-refractivity contribution >= 4 is 29.3 Å². The third-order valence-electron chi connectivity index (χ3n) is 2.90. The van der Waals surface area contributed by atoms with Gasteiger partial charge in [-0.25, -0.2) is 9.97 Å². The van der Waals surface area contributed by atoms with Crippen LogP contribution >= 0.6 is 23.5 Å². The molecule has 0 spiro atoms. The summed E-state index contributed by atoms with van der Waals surface area (Å²) in [5.74, 6) is 1.80. The smallest absolute Gasteiger partial charge is 0.190 e. The molecule has 0 aliphatic rings. The molecule has 2 aromatic rings. The van der Waals surface area contributed by atoms with Gasteiger partial charge in [-0.1, -0.05) is 55.9 Å². The first-order chi connectivity index (χ1) is 9.61. The van der Waals surface area contributed by atoms with Crippen molar-refractivity contribution in [3.63, 3.8) is 0 Å². The van der Waals surface area contributed by atoms with Gasteiger partial charge in [0, 0.05) is 11.3 Å². The zero-order valence-corrected chi connectivity index (χ0v) is 13.6. The van der Waals surface area contributed by atoms with E-state index in [9.17, 15) is 0 Å². The number of rotatable bonds is 5. The van der Waals surface area contributed by atoms with E-state index in [1.165, 1.54) is 5.56 Å². The molecular formula is C15H19N3S2. The standard InChI is InChI=1S/C15H19N3S2/c1-10(2)12-13(16)17-15(18-14(12)19-3)20-9-11-7-5-4-6-8-11/h4-8,10H,9H2,1-3H3,(H2,16,17,18). The van der Waals surface area contributed by atoms with Crippen LogP contribution in [0.5, 0.6) is 0 Å². The van der Waals surface area contributed by atoms with Crippen LogP contribution in [0, 0.1) is 0 Å². The molecule has 20 heavy (non-hydrogen) atoms. The number of benzene rings is 1. The molecule has 2 rings (SSSR count). The third-order valence-corrected chi connectivity index (χ3v) is 4.52. The largest absolute Gasteiger partial charge is 0.383 e. The number of nitrogens with zero attached hydrogens (tertiary/aromatic N) is 2. The van der Waals surface area contributed by atoms with Gasteiger partial charge >= 0.3 is 0 Å². The summed E-state index contributed by atoms with van der Waals surface area (Å²) in [6.07, 6.45) is 2.03. The van der Waals surface area contributed by atoms with Crippen molar-refractivity contribution < 1.29 is 0 Å². The van der Waals surface area contributed by atoms with Gasteiger partial charge in [-0.3, -0.25) is 0 Å². The van der Waals surface area contributed by atoms with E-state index in [4.69, 9.17) is 5.73 Å². The summed E-state index contributed by atoms with van der Waals surface area (Å²) in [6.45, 7) is 4.23. The normalized spacial score (nSPS) is 11.0. The van der Waals surface area contributed by atoms with E-state index in [0.29, 0.717) is 11.7 Å². The fraction of sp³-hybridized carbons (Fsp3) is 0.333. The Hall–Kier alpha value is -1.20.